The largest absolute Gasteiger partial charge is 0.493 e. The van der Waals surface area contributed by atoms with Crippen molar-refractivity contribution in [1.29, 1.82) is 5.26 Å². The van der Waals surface area contributed by atoms with Crippen molar-refractivity contribution in [2.24, 2.45) is 0 Å². The lowest BCUT2D eigenvalue weighted by Gasteiger charge is -2.35. The molecule has 3 aliphatic heterocycles. The van der Waals surface area contributed by atoms with Gasteiger partial charge in [0.25, 0.3) is 5.91 Å². The van der Waals surface area contributed by atoms with Crippen LogP contribution in [0, 0.1) is 17.1 Å². The number of nitrogens with zero attached hydrogens (tertiary/aromatic N) is 4. The maximum Gasteiger partial charge on any atom is 0.260 e. The van der Waals surface area contributed by atoms with Crippen LogP contribution in [0.3, 0.4) is 0 Å². The number of amides is 1. The molecule has 0 spiro atoms. The molecule has 10 heteroatoms. The van der Waals surface area contributed by atoms with Gasteiger partial charge in [-0.2, -0.15) is 5.26 Å². The zero-order valence-electron chi connectivity index (χ0n) is 17.8. The first-order valence-electron chi connectivity index (χ1n) is 10.7. The second-order valence-electron chi connectivity index (χ2n) is 8.27. The minimum Gasteiger partial charge on any atom is -0.493 e. The number of benzene rings is 1. The van der Waals surface area contributed by atoms with Gasteiger partial charge in [0.05, 0.1) is 19.3 Å². The third kappa shape index (κ3) is 3.76. The van der Waals surface area contributed by atoms with Crippen LogP contribution in [0.2, 0.25) is 0 Å². The molecule has 8 nitrogen and oxygen atoms in total. The molecular weight excluding hydrogens is 433 g/mol. The number of halogens is 1. The Morgan fingerprint density at radius 2 is 2.16 bits per heavy atom. The van der Waals surface area contributed by atoms with Gasteiger partial charge in [-0.3, -0.25) is 4.79 Å². The monoisotopic (exact) mass is 457 g/mol. The van der Waals surface area contributed by atoms with Gasteiger partial charge >= 0.3 is 0 Å². The predicted octanol–water partition coefficient (Wildman–Crippen LogP) is 2.07. The Balaban J connectivity index is 1.26. The van der Waals surface area contributed by atoms with Crippen LogP contribution in [0.25, 0.3) is 0 Å². The molecule has 32 heavy (non-hydrogen) atoms. The molecule has 1 amide bonds. The van der Waals surface area contributed by atoms with E-state index in [9.17, 15) is 14.4 Å². The number of carbonyl (C=O) groups excluding carboxylic acids is 1. The molecule has 5 rings (SSSR count). The highest BCUT2D eigenvalue weighted by Gasteiger charge is 2.39. The molecule has 3 aliphatic rings. The molecule has 1 N–H and O–H groups in total. The summed E-state index contributed by atoms with van der Waals surface area (Å²) in [6, 6.07) is 5.10. The van der Waals surface area contributed by atoms with Crippen LogP contribution in [-0.4, -0.2) is 61.2 Å². The van der Waals surface area contributed by atoms with Gasteiger partial charge in [0, 0.05) is 49.1 Å². The number of nitrogens with one attached hydrogen (secondary N) is 1. The van der Waals surface area contributed by atoms with Crippen LogP contribution in [0.1, 0.15) is 29.0 Å². The van der Waals surface area contributed by atoms with E-state index in [0.29, 0.717) is 31.6 Å². The summed E-state index contributed by atoms with van der Waals surface area (Å²) in [6.07, 6.45) is 3.10. The molecule has 2 unspecified atom stereocenters. The Bertz CT molecular complexity index is 1070. The molecule has 1 aromatic heterocycles. The van der Waals surface area contributed by atoms with Gasteiger partial charge in [-0.15, -0.1) is 0 Å². The van der Waals surface area contributed by atoms with Crippen LogP contribution < -0.4 is 19.7 Å². The fourth-order valence-electron chi connectivity index (χ4n) is 4.77. The summed E-state index contributed by atoms with van der Waals surface area (Å²) in [6.45, 7) is 2.82. The number of ether oxygens (including phenoxy) is 2. The third-order valence-electron chi connectivity index (χ3n) is 6.37. The number of methoxy groups -OCH3 is 1. The number of aromatic nitrogens is 1. The Morgan fingerprint density at radius 3 is 2.88 bits per heavy atom. The first kappa shape index (κ1) is 21.0. The summed E-state index contributed by atoms with van der Waals surface area (Å²) in [5.74, 6) is -0.618. The number of thiazole rings is 1. The Labute approximate surface area is 189 Å². The van der Waals surface area contributed by atoms with Gasteiger partial charge in [0.2, 0.25) is 0 Å². The fourth-order valence-corrected chi connectivity index (χ4v) is 6.04. The lowest BCUT2D eigenvalue weighted by Crippen LogP contribution is -2.51. The molecular formula is C22H24FN5O3S. The van der Waals surface area contributed by atoms with Crippen molar-refractivity contribution in [3.63, 3.8) is 0 Å². The standard InChI is InChI=1S/C22H24FN5O3S/c1-30-18-7-14(23)6-13(8-24)21(18)31-12-20(29)27-5-4-17-19(11-27)32-22(26-17)28-15-2-3-16(28)10-25-9-15/h6-7,15-16,25H,2-5,9-12H2,1H3. The highest BCUT2D eigenvalue weighted by Crippen LogP contribution is 2.38. The molecule has 2 saturated heterocycles. The Hall–Kier alpha value is -2.90. The highest BCUT2D eigenvalue weighted by molar-refractivity contribution is 7.15. The number of hydrogen-bond acceptors (Lipinski definition) is 8. The summed E-state index contributed by atoms with van der Waals surface area (Å²) in [5.41, 5.74) is 1.08. The lowest BCUT2D eigenvalue weighted by atomic mass is 10.2. The van der Waals surface area contributed by atoms with Crippen LogP contribution >= 0.6 is 11.3 Å². The first-order valence-corrected chi connectivity index (χ1v) is 11.5. The average Bonchev–Trinajstić information content (AvgIpc) is 3.33. The van der Waals surface area contributed by atoms with E-state index in [0.717, 1.165) is 40.9 Å². The molecule has 2 fully saturated rings. The maximum absolute atomic E-state index is 13.6. The molecule has 0 saturated carbocycles. The zero-order chi connectivity index (χ0) is 22.2. The Kier molecular flexibility index (Phi) is 5.61. The van der Waals surface area contributed by atoms with Crippen molar-refractivity contribution < 1.29 is 18.7 Å². The Morgan fingerprint density at radius 1 is 1.38 bits per heavy atom. The van der Waals surface area contributed by atoms with Crippen LogP contribution in [0.4, 0.5) is 9.52 Å². The maximum atomic E-state index is 13.6. The topological polar surface area (TPSA) is 90.7 Å². The van der Waals surface area contributed by atoms with Gasteiger partial charge < -0.3 is 24.6 Å². The van der Waals surface area contributed by atoms with Crippen molar-refractivity contribution in [3.05, 3.63) is 34.1 Å². The van der Waals surface area contributed by atoms with Crippen LogP contribution in [0.5, 0.6) is 11.5 Å². The second-order valence-corrected chi connectivity index (χ2v) is 9.33. The van der Waals surface area contributed by atoms with Crippen molar-refractivity contribution in [1.82, 2.24) is 15.2 Å². The van der Waals surface area contributed by atoms with E-state index in [1.807, 2.05) is 6.07 Å². The minimum absolute atomic E-state index is 0.00618. The molecule has 4 heterocycles. The number of nitriles is 1. The number of hydrogen-bond donors (Lipinski definition) is 1. The number of fused-ring (bicyclic) bond motifs is 3. The van der Waals surface area contributed by atoms with Gasteiger partial charge in [-0.05, 0) is 18.9 Å². The van der Waals surface area contributed by atoms with Crippen molar-refractivity contribution >= 4 is 22.4 Å². The van der Waals surface area contributed by atoms with E-state index < -0.39 is 5.82 Å². The highest BCUT2D eigenvalue weighted by atomic mass is 32.1. The normalized spacial score (nSPS) is 21.8. The van der Waals surface area contributed by atoms with Gasteiger partial charge in [-0.25, -0.2) is 9.37 Å². The van der Waals surface area contributed by atoms with Crippen molar-refractivity contribution in [2.45, 2.75) is 37.9 Å². The van der Waals surface area contributed by atoms with Crippen molar-refractivity contribution in [3.8, 4) is 17.6 Å². The van der Waals surface area contributed by atoms with E-state index in [-0.39, 0.29) is 29.6 Å². The van der Waals surface area contributed by atoms with Gasteiger partial charge in [0.15, 0.2) is 23.2 Å². The first-order chi connectivity index (χ1) is 15.6. The second kappa shape index (κ2) is 8.56. The molecule has 1 aromatic carbocycles. The number of piperazine rings is 1. The SMILES string of the molecule is COc1cc(F)cc(C#N)c1OCC(=O)N1CCc2nc(N3C4CCC3CNC4)sc2C1. The van der Waals surface area contributed by atoms with E-state index in [1.54, 1.807) is 16.2 Å². The summed E-state index contributed by atoms with van der Waals surface area (Å²) in [7, 11) is 1.36. The van der Waals surface area contributed by atoms with Gasteiger partial charge in [-0.1, -0.05) is 11.3 Å². The molecule has 2 atom stereocenters. The predicted molar refractivity (Wildman–Crippen MR) is 117 cm³/mol. The molecule has 0 aliphatic carbocycles. The van der Waals surface area contributed by atoms with E-state index in [4.69, 9.17) is 14.5 Å². The van der Waals surface area contributed by atoms with E-state index in [1.165, 1.54) is 20.0 Å². The lowest BCUT2D eigenvalue weighted by molar-refractivity contribution is -0.134. The molecule has 2 aromatic rings. The van der Waals surface area contributed by atoms with E-state index >= 15 is 0 Å². The zero-order valence-corrected chi connectivity index (χ0v) is 18.6. The van der Waals surface area contributed by atoms with Gasteiger partial charge in [0.1, 0.15) is 17.4 Å². The van der Waals surface area contributed by atoms with Crippen LogP contribution in [-0.2, 0) is 17.8 Å². The molecule has 2 bridgehead atoms. The summed E-state index contributed by atoms with van der Waals surface area (Å²) >= 11 is 1.69. The fraction of sp³-hybridized carbons (Fsp3) is 0.500. The average molecular weight is 458 g/mol. The smallest absolute Gasteiger partial charge is 0.260 e. The molecule has 168 valence electrons. The van der Waals surface area contributed by atoms with Crippen LogP contribution in [0.15, 0.2) is 12.1 Å². The summed E-state index contributed by atoms with van der Waals surface area (Å²) < 4.78 is 24.4. The quantitative estimate of drug-likeness (QED) is 0.735. The minimum atomic E-state index is -0.598. The summed E-state index contributed by atoms with van der Waals surface area (Å²) in [5, 5.41) is 13.8. The number of carbonyl (C=O) groups is 1. The van der Waals surface area contributed by atoms with Crippen molar-refractivity contribution in [2.75, 3.05) is 38.3 Å². The number of rotatable bonds is 5. The number of anilines is 1. The van der Waals surface area contributed by atoms with E-state index in [2.05, 4.69) is 10.2 Å². The molecule has 0 radical (unpaired) electrons. The summed E-state index contributed by atoms with van der Waals surface area (Å²) in [4.78, 5) is 23.1. The third-order valence-corrected chi connectivity index (χ3v) is 7.47.